The van der Waals surface area contributed by atoms with E-state index in [-0.39, 0.29) is 18.9 Å². The molecule has 0 aromatic rings. The summed E-state index contributed by atoms with van der Waals surface area (Å²) in [5, 5.41) is 30.1. The van der Waals surface area contributed by atoms with Gasteiger partial charge in [-0.3, -0.25) is 9.59 Å². The fourth-order valence-electron chi connectivity index (χ4n) is 3.23. The van der Waals surface area contributed by atoms with Crippen LogP contribution < -0.4 is 0 Å². The summed E-state index contributed by atoms with van der Waals surface area (Å²) in [6, 6.07) is 0. The minimum absolute atomic E-state index is 0.0420. The molecule has 28 heavy (non-hydrogen) atoms. The second kappa shape index (κ2) is 10.5. The van der Waals surface area contributed by atoms with Crippen LogP contribution in [0.25, 0.3) is 0 Å². The number of hydrogen-bond donors (Lipinski definition) is 3. The van der Waals surface area contributed by atoms with Gasteiger partial charge in [0.2, 0.25) is 0 Å². The second-order valence-electron chi connectivity index (χ2n) is 7.34. The molecule has 0 fully saturated rings. The van der Waals surface area contributed by atoms with Crippen LogP contribution in [0.15, 0.2) is 35.6 Å². The minimum Gasteiger partial charge on any atom is -0.501 e. The highest BCUT2D eigenvalue weighted by atomic mass is 16.5. The smallest absolute Gasteiger partial charge is 0.316 e. The Morgan fingerprint density at radius 1 is 1.32 bits per heavy atom. The van der Waals surface area contributed by atoms with Crippen LogP contribution in [0.1, 0.15) is 40.0 Å². The Balaban J connectivity index is 3.42. The number of aliphatic hydroxyl groups excluding tert-OH is 2. The lowest BCUT2D eigenvalue weighted by Gasteiger charge is -2.29. The predicted molar refractivity (Wildman–Crippen MR) is 104 cm³/mol. The van der Waals surface area contributed by atoms with Crippen molar-refractivity contribution >= 4 is 11.8 Å². The Labute approximate surface area is 166 Å². The molecule has 7 heteroatoms. The molecular weight excluding hydrogens is 364 g/mol. The van der Waals surface area contributed by atoms with Gasteiger partial charge < -0.3 is 24.8 Å². The summed E-state index contributed by atoms with van der Waals surface area (Å²) in [6.45, 7) is 7.86. The van der Waals surface area contributed by atoms with Gasteiger partial charge in [-0.15, -0.1) is 0 Å². The first kappa shape index (κ1) is 24.1. The molecule has 0 saturated carbocycles. The van der Waals surface area contributed by atoms with Crippen LogP contribution in [0.5, 0.6) is 0 Å². The fourth-order valence-corrected chi connectivity index (χ4v) is 3.23. The van der Waals surface area contributed by atoms with Gasteiger partial charge in [-0.25, -0.2) is 0 Å². The highest BCUT2D eigenvalue weighted by molar-refractivity contribution is 6.03. The van der Waals surface area contributed by atoms with E-state index in [0.29, 0.717) is 24.2 Å². The molecule has 0 saturated heterocycles. The van der Waals surface area contributed by atoms with E-state index in [1.807, 2.05) is 6.92 Å². The van der Waals surface area contributed by atoms with Crippen LogP contribution in [0, 0.1) is 11.8 Å². The van der Waals surface area contributed by atoms with Crippen molar-refractivity contribution in [3.63, 3.8) is 0 Å². The third-order valence-electron chi connectivity index (χ3n) is 4.87. The number of esters is 1. The summed E-state index contributed by atoms with van der Waals surface area (Å²) in [4.78, 5) is 25.2. The number of ketones is 1. The van der Waals surface area contributed by atoms with E-state index >= 15 is 0 Å². The average molecular weight is 396 g/mol. The normalized spacial score (nSPS) is 34.5. The van der Waals surface area contributed by atoms with Crippen molar-refractivity contribution < 1.29 is 34.4 Å². The average Bonchev–Trinajstić information content (AvgIpc) is 2.67. The van der Waals surface area contributed by atoms with E-state index in [2.05, 4.69) is 6.58 Å². The van der Waals surface area contributed by atoms with Crippen molar-refractivity contribution in [3.8, 4) is 0 Å². The summed E-state index contributed by atoms with van der Waals surface area (Å²) in [5.74, 6) is -2.70. The quantitative estimate of drug-likeness (QED) is 0.489. The van der Waals surface area contributed by atoms with Crippen LogP contribution in [-0.2, 0) is 19.1 Å². The number of carbonyl (C=O) groups is 2. The van der Waals surface area contributed by atoms with Gasteiger partial charge >= 0.3 is 5.97 Å². The molecule has 0 radical (unpaired) electrons. The molecule has 0 bridgehead atoms. The third kappa shape index (κ3) is 6.02. The fraction of sp³-hybridized carbons (Fsp3) is 0.619. The molecule has 158 valence electrons. The molecule has 0 aromatic heterocycles. The van der Waals surface area contributed by atoms with Gasteiger partial charge in [0.1, 0.15) is 12.0 Å². The molecule has 3 N–H and O–H groups in total. The maximum absolute atomic E-state index is 12.7. The lowest BCUT2D eigenvalue weighted by atomic mass is 9.86. The maximum atomic E-state index is 12.7. The number of allylic oxidation sites excluding steroid dienone is 3. The lowest BCUT2D eigenvalue weighted by Crippen LogP contribution is -2.48. The van der Waals surface area contributed by atoms with Crippen LogP contribution in [0.2, 0.25) is 0 Å². The van der Waals surface area contributed by atoms with Gasteiger partial charge in [0, 0.05) is 6.42 Å². The second-order valence-corrected chi connectivity index (χ2v) is 7.34. The van der Waals surface area contributed by atoms with Gasteiger partial charge in [-0.1, -0.05) is 32.1 Å². The van der Waals surface area contributed by atoms with Gasteiger partial charge in [0.15, 0.2) is 11.4 Å². The van der Waals surface area contributed by atoms with Gasteiger partial charge in [0.25, 0.3) is 0 Å². The van der Waals surface area contributed by atoms with E-state index in [4.69, 9.17) is 9.47 Å². The van der Waals surface area contributed by atoms with Crippen molar-refractivity contribution in [3.05, 3.63) is 35.6 Å². The first-order chi connectivity index (χ1) is 13.1. The van der Waals surface area contributed by atoms with Crippen molar-refractivity contribution in [2.45, 2.75) is 51.7 Å². The maximum Gasteiger partial charge on any atom is 0.316 e. The van der Waals surface area contributed by atoms with Gasteiger partial charge in [-0.2, -0.15) is 0 Å². The van der Waals surface area contributed by atoms with Crippen molar-refractivity contribution in [2.75, 3.05) is 20.3 Å². The number of carbonyl (C=O) groups excluding carboxylic acids is 2. The Kier molecular flexibility index (Phi) is 9.07. The number of aliphatic hydroxyl groups is 3. The molecule has 4 atom stereocenters. The van der Waals surface area contributed by atoms with Crippen LogP contribution >= 0.6 is 0 Å². The molecule has 0 amide bonds. The number of methoxy groups -OCH3 is 1. The van der Waals surface area contributed by atoms with E-state index in [1.54, 1.807) is 19.1 Å². The van der Waals surface area contributed by atoms with Crippen LogP contribution in [0.3, 0.4) is 0 Å². The standard InChI is InChI=1S/C21H32O7/c1-6-18-16(11-22)8-13(2)7-14(3)9-17(27-5)10-21(26,12-23)19(24)15(4)20(25)28-18/h8-9,14-15,18,22-23,26H,2,6-7,10-12H2,1,3-5H3/b16-8+,17-9-/t14-,15+,18-,21+/m0/s1. The van der Waals surface area contributed by atoms with E-state index < -0.39 is 36.0 Å². The van der Waals surface area contributed by atoms with Gasteiger partial charge in [-0.05, 0) is 37.3 Å². The molecule has 1 aliphatic heterocycles. The number of Topliss-reactive ketones (excluding diaryl/α,β-unsaturated/α-hetero) is 1. The molecule has 7 nitrogen and oxygen atoms in total. The number of ether oxygens (including phenoxy) is 2. The highest BCUT2D eigenvalue weighted by Crippen LogP contribution is 2.27. The van der Waals surface area contributed by atoms with E-state index in [1.165, 1.54) is 14.0 Å². The molecule has 1 heterocycles. The molecular formula is C21H32O7. The zero-order chi connectivity index (χ0) is 21.5. The zero-order valence-electron chi connectivity index (χ0n) is 17.1. The summed E-state index contributed by atoms with van der Waals surface area (Å²) < 4.78 is 10.7. The topological polar surface area (TPSA) is 113 Å². The highest BCUT2D eigenvalue weighted by Gasteiger charge is 2.43. The summed E-state index contributed by atoms with van der Waals surface area (Å²) in [6.07, 6.45) is 3.41. The van der Waals surface area contributed by atoms with Crippen LogP contribution in [0.4, 0.5) is 0 Å². The predicted octanol–water partition coefficient (Wildman–Crippen LogP) is 1.67. The number of cyclic esters (lactones) is 1. The number of hydrogen-bond acceptors (Lipinski definition) is 7. The first-order valence-corrected chi connectivity index (χ1v) is 9.43. The summed E-state index contributed by atoms with van der Waals surface area (Å²) in [7, 11) is 1.41. The first-order valence-electron chi connectivity index (χ1n) is 9.43. The summed E-state index contributed by atoms with van der Waals surface area (Å²) >= 11 is 0. The largest absolute Gasteiger partial charge is 0.501 e. The van der Waals surface area contributed by atoms with Crippen molar-refractivity contribution in [1.29, 1.82) is 0 Å². The Bertz CT molecular complexity index is 649. The molecule has 0 spiro atoms. The zero-order valence-corrected chi connectivity index (χ0v) is 17.1. The minimum atomic E-state index is -2.17. The lowest BCUT2D eigenvalue weighted by molar-refractivity contribution is -0.162. The van der Waals surface area contributed by atoms with Crippen LogP contribution in [-0.4, -0.2) is 59.1 Å². The molecule has 0 aliphatic carbocycles. The molecule has 0 unspecified atom stereocenters. The van der Waals surface area contributed by atoms with E-state index in [0.717, 1.165) is 5.57 Å². The third-order valence-corrected chi connectivity index (χ3v) is 4.87. The van der Waals surface area contributed by atoms with E-state index in [9.17, 15) is 24.9 Å². The molecule has 1 rings (SSSR count). The SMILES string of the molecule is C=C1/C=C(\CO)[C@H](CC)OC(=O)[C@H](C)C(=O)[C@](O)(CO)C/C(OC)=C/[C@@H](C)C1. The Morgan fingerprint density at radius 3 is 2.46 bits per heavy atom. The Morgan fingerprint density at radius 2 is 1.96 bits per heavy atom. The van der Waals surface area contributed by atoms with Crippen molar-refractivity contribution in [2.24, 2.45) is 11.8 Å². The molecule has 0 aromatic carbocycles. The van der Waals surface area contributed by atoms with Crippen molar-refractivity contribution in [1.82, 2.24) is 0 Å². The van der Waals surface area contributed by atoms with Gasteiger partial charge in [0.05, 0.1) is 26.1 Å². The summed E-state index contributed by atoms with van der Waals surface area (Å²) in [5.41, 5.74) is -0.951. The number of rotatable bonds is 4. The Hall–Kier alpha value is -1.96. The monoisotopic (exact) mass is 396 g/mol. The molecule has 1 aliphatic rings.